The van der Waals surface area contributed by atoms with Crippen LogP contribution in [-0.2, 0) is 10.0 Å². The van der Waals surface area contributed by atoms with Crippen LogP contribution in [0.3, 0.4) is 0 Å². The zero-order valence-electron chi connectivity index (χ0n) is 11.4. The van der Waals surface area contributed by atoms with E-state index in [4.69, 9.17) is 9.47 Å². The van der Waals surface area contributed by atoms with Gasteiger partial charge in [-0.1, -0.05) is 12.1 Å². The van der Waals surface area contributed by atoms with Crippen LogP contribution in [0.4, 0.5) is 0 Å². The molecule has 1 aromatic heterocycles. The van der Waals surface area contributed by atoms with Crippen LogP contribution >= 0.6 is 11.3 Å². The zero-order chi connectivity index (χ0) is 14.9. The van der Waals surface area contributed by atoms with Gasteiger partial charge in [-0.25, -0.2) is 13.1 Å². The second-order valence-corrected chi connectivity index (χ2v) is 7.57. The number of ether oxygens (including phenoxy) is 2. The summed E-state index contributed by atoms with van der Waals surface area (Å²) in [7, 11) is -3.49. The van der Waals surface area contributed by atoms with Crippen LogP contribution in [0.25, 0.3) is 0 Å². The molecule has 0 aliphatic carbocycles. The van der Waals surface area contributed by atoms with E-state index < -0.39 is 10.0 Å². The summed E-state index contributed by atoms with van der Waals surface area (Å²) in [5.74, 6) is 1.35. The van der Waals surface area contributed by atoms with E-state index in [2.05, 4.69) is 4.72 Å². The minimum atomic E-state index is -3.49. The lowest BCUT2D eigenvalue weighted by molar-refractivity contribution is 0.171. The minimum absolute atomic E-state index is 0.312. The van der Waals surface area contributed by atoms with Crippen molar-refractivity contribution in [3.8, 4) is 11.5 Å². The Morgan fingerprint density at radius 1 is 1.19 bits per heavy atom. The molecule has 0 saturated carbocycles. The van der Waals surface area contributed by atoms with Crippen molar-refractivity contribution in [3.63, 3.8) is 0 Å². The molecule has 5 nitrogen and oxygen atoms in total. The predicted octanol–water partition coefficient (Wildman–Crippen LogP) is 2.56. The fourth-order valence-electron chi connectivity index (χ4n) is 2.10. The maximum atomic E-state index is 12.2. The largest absolute Gasteiger partial charge is 0.486 e. The second kappa shape index (κ2) is 5.67. The SMILES string of the molecule is C[C@@H](NS(=O)(=O)c1cccs1)c1ccc2c(c1)OCCO2. The molecule has 1 aromatic carbocycles. The highest BCUT2D eigenvalue weighted by atomic mass is 32.2. The van der Waals surface area contributed by atoms with Crippen LogP contribution in [-0.4, -0.2) is 21.6 Å². The van der Waals surface area contributed by atoms with Gasteiger partial charge in [0.1, 0.15) is 17.4 Å². The summed E-state index contributed by atoms with van der Waals surface area (Å²) in [6, 6.07) is 8.41. The molecular weight excluding hydrogens is 310 g/mol. The molecule has 1 aliphatic heterocycles. The van der Waals surface area contributed by atoms with Crippen molar-refractivity contribution in [1.29, 1.82) is 0 Å². The fraction of sp³-hybridized carbons (Fsp3) is 0.286. The van der Waals surface area contributed by atoms with E-state index in [1.807, 2.05) is 12.1 Å². The minimum Gasteiger partial charge on any atom is -0.486 e. The maximum Gasteiger partial charge on any atom is 0.250 e. The van der Waals surface area contributed by atoms with Crippen molar-refractivity contribution in [2.75, 3.05) is 13.2 Å². The molecule has 0 bridgehead atoms. The molecule has 0 spiro atoms. The van der Waals surface area contributed by atoms with Crippen LogP contribution < -0.4 is 14.2 Å². The number of nitrogens with one attached hydrogen (secondary N) is 1. The van der Waals surface area contributed by atoms with Gasteiger partial charge in [-0.15, -0.1) is 11.3 Å². The third-order valence-electron chi connectivity index (χ3n) is 3.16. The molecule has 2 aromatic rings. The topological polar surface area (TPSA) is 64.6 Å². The first-order chi connectivity index (χ1) is 10.1. The Bertz CT molecular complexity index is 725. The first-order valence-corrected chi connectivity index (χ1v) is 8.88. The average molecular weight is 325 g/mol. The Morgan fingerprint density at radius 3 is 2.67 bits per heavy atom. The standard InChI is InChI=1S/C14H15NO4S2/c1-10(15-21(16,17)14-3-2-8-20-14)11-4-5-12-13(9-11)19-7-6-18-12/h2-5,8-10,15H,6-7H2,1H3/t10-/m1/s1. The average Bonchev–Trinajstić information content (AvgIpc) is 3.01. The lowest BCUT2D eigenvalue weighted by Crippen LogP contribution is -2.26. The predicted molar refractivity (Wildman–Crippen MR) is 80.5 cm³/mol. The van der Waals surface area contributed by atoms with Gasteiger partial charge in [0.25, 0.3) is 10.0 Å². The Labute approximate surface area is 127 Å². The normalized spacial score (nSPS) is 15.7. The van der Waals surface area contributed by atoms with Crippen LogP contribution in [0.5, 0.6) is 11.5 Å². The molecule has 0 saturated heterocycles. The number of sulfonamides is 1. The molecule has 1 atom stereocenters. The van der Waals surface area contributed by atoms with E-state index in [1.54, 1.807) is 30.5 Å². The van der Waals surface area contributed by atoms with Crippen LogP contribution in [0.1, 0.15) is 18.5 Å². The maximum absolute atomic E-state index is 12.2. The van der Waals surface area contributed by atoms with Gasteiger partial charge in [0.15, 0.2) is 11.5 Å². The third-order valence-corrected chi connectivity index (χ3v) is 6.10. The van der Waals surface area contributed by atoms with E-state index in [0.29, 0.717) is 28.9 Å². The first-order valence-electron chi connectivity index (χ1n) is 6.52. The van der Waals surface area contributed by atoms with E-state index in [1.165, 1.54) is 11.3 Å². The molecule has 112 valence electrons. The molecule has 1 N–H and O–H groups in total. The molecule has 0 amide bonds. The van der Waals surface area contributed by atoms with Gasteiger partial charge < -0.3 is 9.47 Å². The summed E-state index contributed by atoms with van der Waals surface area (Å²) in [5, 5.41) is 1.74. The second-order valence-electron chi connectivity index (χ2n) is 4.68. The monoisotopic (exact) mass is 325 g/mol. The summed E-state index contributed by atoms with van der Waals surface area (Å²) in [6.07, 6.45) is 0. The zero-order valence-corrected chi connectivity index (χ0v) is 13.0. The molecule has 0 unspecified atom stereocenters. The van der Waals surface area contributed by atoms with E-state index in [-0.39, 0.29) is 6.04 Å². The van der Waals surface area contributed by atoms with Gasteiger partial charge in [-0.3, -0.25) is 0 Å². The van der Waals surface area contributed by atoms with Crippen LogP contribution in [0.15, 0.2) is 39.9 Å². The number of benzene rings is 1. The molecular formula is C14H15NO4S2. The van der Waals surface area contributed by atoms with Gasteiger partial charge in [0.2, 0.25) is 0 Å². The van der Waals surface area contributed by atoms with E-state index >= 15 is 0 Å². The highest BCUT2D eigenvalue weighted by Crippen LogP contribution is 2.33. The Balaban J connectivity index is 1.81. The van der Waals surface area contributed by atoms with E-state index in [9.17, 15) is 8.42 Å². The van der Waals surface area contributed by atoms with Crippen molar-refractivity contribution < 1.29 is 17.9 Å². The molecule has 1 aliphatic rings. The van der Waals surface area contributed by atoms with Crippen molar-refractivity contribution >= 4 is 21.4 Å². The summed E-state index contributed by atoms with van der Waals surface area (Å²) in [5.41, 5.74) is 0.833. The summed E-state index contributed by atoms with van der Waals surface area (Å²) in [6.45, 7) is 2.84. The lowest BCUT2D eigenvalue weighted by atomic mass is 10.1. The molecule has 7 heteroatoms. The number of fused-ring (bicyclic) bond motifs is 1. The molecule has 21 heavy (non-hydrogen) atoms. The Hall–Kier alpha value is -1.57. The number of hydrogen-bond acceptors (Lipinski definition) is 5. The van der Waals surface area contributed by atoms with Gasteiger partial charge in [0.05, 0.1) is 0 Å². The van der Waals surface area contributed by atoms with E-state index in [0.717, 1.165) is 5.56 Å². The molecule has 2 heterocycles. The third kappa shape index (κ3) is 3.04. The van der Waals surface area contributed by atoms with Crippen LogP contribution in [0, 0.1) is 0 Å². The molecule has 3 rings (SSSR count). The van der Waals surface area contributed by atoms with Gasteiger partial charge in [-0.2, -0.15) is 0 Å². The van der Waals surface area contributed by atoms with Gasteiger partial charge >= 0.3 is 0 Å². The van der Waals surface area contributed by atoms with Gasteiger partial charge in [-0.05, 0) is 36.1 Å². The number of thiophene rings is 1. The summed E-state index contributed by atoms with van der Waals surface area (Å²) < 4.78 is 38.4. The highest BCUT2D eigenvalue weighted by Gasteiger charge is 2.21. The summed E-state index contributed by atoms with van der Waals surface area (Å²) in [4.78, 5) is 0. The van der Waals surface area contributed by atoms with Crippen molar-refractivity contribution in [2.24, 2.45) is 0 Å². The van der Waals surface area contributed by atoms with Crippen molar-refractivity contribution in [3.05, 3.63) is 41.3 Å². The van der Waals surface area contributed by atoms with Crippen molar-refractivity contribution in [2.45, 2.75) is 17.2 Å². The van der Waals surface area contributed by atoms with Crippen molar-refractivity contribution in [1.82, 2.24) is 4.72 Å². The van der Waals surface area contributed by atoms with Gasteiger partial charge in [0, 0.05) is 6.04 Å². The summed E-state index contributed by atoms with van der Waals surface area (Å²) >= 11 is 1.19. The Kier molecular flexibility index (Phi) is 3.88. The van der Waals surface area contributed by atoms with Crippen LogP contribution in [0.2, 0.25) is 0 Å². The lowest BCUT2D eigenvalue weighted by Gasteiger charge is -2.21. The number of rotatable bonds is 4. The molecule has 0 radical (unpaired) electrons. The number of hydrogen-bond donors (Lipinski definition) is 1. The smallest absolute Gasteiger partial charge is 0.250 e. The fourth-order valence-corrected chi connectivity index (χ4v) is 4.35. The first kappa shape index (κ1) is 14.4. The quantitative estimate of drug-likeness (QED) is 0.938. The highest BCUT2D eigenvalue weighted by molar-refractivity contribution is 7.91. The Morgan fingerprint density at radius 2 is 1.95 bits per heavy atom. The molecule has 0 fully saturated rings.